The summed E-state index contributed by atoms with van der Waals surface area (Å²) in [7, 11) is 1.55. The molecular formula is C20H25N3O3. The molecule has 3 heterocycles. The highest BCUT2D eigenvalue weighted by atomic mass is 16.3. The van der Waals surface area contributed by atoms with Crippen LogP contribution in [-0.2, 0) is 9.59 Å². The number of benzene rings is 1. The lowest BCUT2D eigenvalue weighted by Gasteiger charge is -2.47. The first-order valence-corrected chi connectivity index (χ1v) is 9.35. The lowest BCUT2D eigenvalue weighted by molar-refractivity contribution is -0.155. The van der Waals surface area contributed by atoms with Gasteiger partial charge in [-0.3, -0.25) is 14.5 Å². The van der Waals surface area contributed by atoms with E-state index in [0.717, 1.165) is 31.5 Å². The third kappa shape index (κ3) is 2.78. The second-order valence-corrected chi connectivity index (χ2v) is 7.33. The molecule has 0 aliphatic carbocycles. The van der Waals surface area contributed by atoms with Crippen molar-refractivity contribution in [3.8, 4) is 0 Å². The molecule has 0 aromatic heterocycles. The number of likely N-dealkylation sites (N-methyl/N-ethyl adjacent to an activating group) is 1. The first kappa shape index (κ1) is 17.4. The van der Waals surface area contributed by atoms with E-state index in [1.165, 1.54) is 11.3 Å². The van der Waals surface area contributed by atoms with Crippen molar-refractivity contribution in [3.63, 3.8) is 0 Å². The van der Waals surface area contributed by atoms with Crippen LogP contribution in [0, 0.1) is 5.92 Å². The molecule has 0 saturated carbocycles. The fourth-order valence-corrected chi connectivity index (χ4v) is 4.36. The van der Waals surface area contributed by atoms with Crippen LogP contribution < -0.4 is 0 Å². The number of carbonyl (C=O) groups is 2. The maximum Gasteiger partial charge on any atom is 0.248 e. The maximum absolute atomic E-state index is 12.8. The maximum atomic E-state index is 12.8. The number of rotatable bonds is 3. The number of nitrogens with zero attached hydrogens (tertiary/aromatic N) is 3. The Hall–Kier alpha value is -2.02. The SMILES string of the molecule is CN1C(=O)C2C=CC(C(O)c3ccccc3)N(N3CCCCC3)C2C1=O. The van der Waals surface area contributed by atoms with Crippen molar-refractivity contribution in [2.75, 3.05) is 20.1 Å². The van der Waals surface area contributed by atoms with Crippen LogP contribution >= 0.6 is 0 Å². The molecule has 0 bridgehead atoms. The normalized spacial score (nSPS) is 31.3. The Morgan fingerprint density at radius 3 is 2.38 bits per heavy atom. The standard InChI is InChI=1S/C20H25N3O3/c1-21-19(25)15-10-11-16(18(24)14-8-4-2-5-9-14)23(17(15)20(21)26)22-12-6-3-7-13-22/h2,4-5,8-11,15-18,24H,3,6-7,12-13H2,1H3. The van der Waals surface area contributed by atoms with Gasteiger partial charge in [0.2, 0.25) is 11.8 Å². The summed E-state index contributed by atoms with van der Waals surface area (Å²) < 4.78 is 0. The van der Waals surface area contributed by atoms with Gasteiger partial charge >= 0.3 is 0 Å². The molecule has 1 aromatic rings. The van der Waals surface area contributed by atoms with Crippen LogP contribution in [0.2, 0.25) is 0 Å². The number of hydrazine groups is 1. The van der Waals surface area contributed by atoms with Crippen molar-refractivity contribution in [3.05, 3.63) is 48.0 Å². The summed E-state index contributed by atoms with van der Waals surface area (Å²) in [6.45, 7) is 1.69. The molecule has 138 valence electrons. The molecule has 6 nitrogen and oxygen atoms in total. The van der Waals surface area contributed by atoms with E-state index in [0.29, 0.717) is 0 Å². The molecule has 2 saturated heterocycles. The number of carbonyl (C=O) groups excluding carboxylic acids is 2. The zero-order chi connectivity index (χ0) is 18.3. The van der Waals surface area contributed by atoms with Gasteiger partial charge < -0.3 is 5.11 Å². The summed E-state index contributed by atoms with van der Waals surface area (Å²) in [5.74, 6) is -0.806. The van der Waals surface area contributed by atoms with Crippen LogP contribution in [0.25, 0.3) is 0 Å². The molecule has 4 atom stereocenters. The summed E-state index contributed by atoms with van der Waals surface area (Å²) in [5, 5.41) is 15.2. The summed E-state index contributed by atoms with van der Waals surface area (Å²) in [6.07, 6.45) is 6.24. The van der Waals surface area contributed by atoms with Gasteiger partial charge in [-0.25, -0.2) is 10.0 Å². The summed E-state index contributed by atoms with van der Waals surface area (Å²) in [5.41, 5.74) is 0.813. The topological polar surface area (TPSA) is 64.1 Å². The van der Waals surface area contributed by atoms with Gasteiger partial charge in [0.05, 0.1) is 18.1 Å². The largest absolute Gasteiger partial charge is 0.386 e. The second-order valence-electron chi connectivity index (χ2n) is 7.33. The first-order chi connectivity index (χ1) is 12.6. The Balaban J connectivity index is 1.72. The van der Waals surface area contributed by atoms with E-state index in [2.05, 4.69) is 5.01 Å². The third-order valence-electron chi connectivity index (χ3n) is 5.77. The number of amides is 2. The number of fused-ring (bicyclic) bond motifs is 1. The smallest absolute Gasteiger partial charge is 0.248 e. The van der Waals surface area contributed by atoms with Gasteiger partial charge in [0.15, 0.2) is 0 Å². The monoisotopic (exact) mass is 355 g/mol. The molecule has 3 aliphatic rings. The molecule has 0 radical (unpaired) electrons. The molecule has 3 aliphatic heterocycles. The zero-order valence-corrected chi connectivity index (χ0v) is 15.0. The minimum absolute atomic E-state index is 0.161. The van der Waals surface area contributed by atoms with Crippen molar-refractivity contribution in [1.29, 1.82) is 0 Å². The molecule has 2 amide bonds. The molecule has 4 rings (SSSR count). The molecule has 26 heavy (non-hydrogen) atoms. The minimum atomic E-state index is -0.760. The highest BCUT2D eigenvalue weighted by Gasteiger charge is 2.53. The number of hydrogen-bond acceptors (Lipinski definition) is 5. The Morgan fingerprint density at radius 1 is 1.00 bits per heavy atom. The zero-order valence-electron chi connectivity index (χ0n) is 15.0. The Morgan fingerprint density at radius 2 is 1.69 bits per heavy atom. The van der Waals surface area contributed by atoms with E-state index in [-0.39, 0.29) is 17.9 Å². The van der Waals surface area contributed by atoms with Gasteiger partial charge in [-0.1, -0.05) is 48.9 Å². The molecule has 1 N–H and O–H groups in total. The van der Waals surface area contributed by atoms with Crippen LogP contribution in [0.3, 0.4) is 0 Å². The van der Waals surface area contributed by atoms with Gasteiger partial charge in [-0.05, 0) is 18.4 Å². The van der Waals surface area contributed by atoms with Crippen LogP contribution in [0.5, 0.6) is 0 Å². The summed E-state index contributed by atoms with van der Waals surface area (Å²) in [6, 6.07) is 8.59. The predicted molar refractivity (Wildman–Crippen MR) is 96.6 cm³/mol. The van der Waals surface area contributed by atoms with E-state index < -0.39 is 18.1 Å². The van der Waals surface area contributed by atoms with Crippen molar-refractivity contribution in [2.24, 2.45) is 5.92 Å². The number of imide groups is 1. The highest BCUT2D eigenvalue weighted by molar-refractivity contribution is 6.07. The average molecular weight is 355 g/mol. The van der Waals surface area contributed by atoms with Gasteiger partial charge in [0.25, 0.3) is 0 Å². The van der Waals surface area contributed by atoms with E-state index in [9.17, 15) is 14.7 Å². The van der Waals surface area contributed by atoms with Crippen LogP contribution in [0.1, 0.15) is 30.9 Å². The van der Waals surface area contributed by atoms with Crippen LogP contribution in [0.15, 0.2) is 42.5 Å². The van der Waals surface area contributed by atoms with Gasteiger partial charge in [-0.2, -0.15) is 0 Å². The van der Waals surface area contributed by atoms with Gasteiger partial charge in [0.1, 0.15) is 6.04 Å². The van der Waals surface area contributed by atoms with E-state index in [1.54, 1.807) is 7.05 Å². The molecule has 2 fully saturated rings. The number of piperidine rings is 1. The molecule has 1 aromatic carbocycles. The third-order valence-corrected chi connectivity index (χ3v) is 5.77. The molecule has 0 spiro atoms. The van der Waals surface area contributed by atoms with E-state index in [4.69, 9.17) is 0 Å². The number of aliphatic hydroxyl groups is 1. The fourth-order valence-electron chi connectivity index (χ4n) is 4.36. The Bertz CT molecular complexity index is 714. The van der Waals surface area contributed by atoms with Gasteiger partial charge in [-0.15, -0.1) is 0 Å². The number of hydrogen-bond donors (Lipinski definition) is 1. The molecule has 6 heteroatoms. The molecular weight excluding hydrogens is 330 g/mol. The quantitative estimate of drug-likeness (QED) is 0.655. The lowest BCUT2D eigenvalue weighted by Crippen LogP contribution is -2.61. The minimum Gasteiger partial charge on any atom is -0.386 e. The number of likely N-dealkylation sites (tertiary alicyclic amines) is 1. The van der Waals surface area contributed by atoms with Crippen LogP contribution in [0.4, 0.5) is 0 Å². The lowest BCUT2D eigenvalue weighted by atomic mass is 9.90. The van der Waals surface area contributed by atoms with Crippen molar-refractivity contribution in [2.45, 2.75) is 37.5 Å². The van der Waals surface area contributed by atoms with E-state index in [1.807, 2.05) is 47.5 Å². The second kappa shape index (κ2) is 6.95. The predicted octanol–water partition coefficient (Wildman–Crippen LogP) is 1.34. The Labute approximate surface area is 153 Å². The number of aliphatic hydroxyl groups excluding tert-OH is 1. The Kier molecular flexibility index (Phi) is 4.65. The summed E-state index contributed by atoms with van der Waals surface area (Å²) >= 11 is 0. The van der Waals surface area contributed by atoms with Crippen molar-refractivity contribution >= 4 is 11.8 Å². The van der Waals surface area contributed by atoms with E-state index >= 15 is 0 Å². The highest BCUT2D eigenvalue weighted by Crippen LogP contribution is 2.37. The molecule has 4 unspecified atom stereocenters. The summed E-state index contributed by atoms with van der Waals surface area (Å²) in [4.78, 5) is 26.5. The van der Waals surface area contributed by atoms with Gasteiger partial charge in [0, 0.05) is 20.1 Å². The first-order valence-electron chi connectivity index (χ1n) is 9.35. The van der Waals surface area contributed by atoms with Crippen molar-refractivity contribution in [1.82, 2.24) is 14.9 Å². The fraction of sp³-hybridized carbons (Fsp3) is 0.500. The van der Waals surface area contributed by atoms with Crippen LogP contribution in [-0.4, -0.2) is 64.1 Å². The average Bonchev–Trinajstić information content (AvgIpc) is 2.92. The van der Waals surface area contributed by atoms with Crippen molar-refractivity contribution < 1.29 is 14.7 Å².